The molecule has 0 radical (unpaired) electrons. The number of rotatable bonds is 1. The van der Waals surface area contributed by atoms with E-state index in [-0.39, 0.29) is 28.4 Å². The molecule has 9 heteroatoms. The van der Waals surface area contributed by atoms with Crippen molar-refractivity contribution < 1.29 is 9.59 Å². The molecule has 4 aliphatic rings. The minimum atomic E-state index is -1.06. The predicted octanol–water partition coefficient (Wildman–Crippen LogP) is 4.53. The van der Waals surface area contributed by atoms with Crippen LogP contribution in [0.2, 0.25) is 10.0 Å². The minimum absolute atomic E-state index is 0.164. The topological polar surface area (TPSA) is 75.5 Å². The van der Waals surface area contributed by atoms with Crippen LogP contribution in [0.1, 0.15) is 24.2 Å². The second-order valence-electron chi connectivity index (χ2n) is 10.4. The lowest BCUT2D eigenvalue weighted by Crippen LogP contribution is -2.51. The van der Waals surface area contributed by atoms with Crippen molar-refractivity contribution in [2.75, 3.05) is 11.4 Å². The fourth-order valence-electron chi connectivity index (χ4n) is 7.51. The number of hydrogen-bond acceptors (Lipinski definition) is 5. The molecule has 4 aliphatic heterocycles. The van der Waals surface area contributed by atoms with Crippen molar-refractivity contribution in [3.63, 3.8) is 0 Å². The van der Waals surface area contributed by atoms with Crippen LogP contribution in [0, 0.1) is 11.8 Å². The van der Waals surface area contributed by atoms with Crippen LogP contribution in [-0.2, 0) is 15.1 Å². The molecule has 38 heavy (non-hydrogen) atoms. The molecule has 7 nitrogen and oxygen atoms in total. The molecule has 3 fully saturated rings. The number of para-hydroxylation sites is 2. The smallest absolute Gasteiger partial charge is 0.266 e. The number of aromatic nitrogens is 2. The summed E-state index contributed by atoms with van der Waals surface area (Å²) in [5.74, 6) is -1.48. The quantitative estimate of drug-likeness (QED) is 0.330. The largest absolute Gasteiger partial charge is 0.283 e. The molecule has 1 spiro atoms. The van der Waals surface area contributed by atoms with Crippen molar-refractivity contribution in [1.29, 1.82) is 0 Å². The number of nitrogens with zero attached hydrogens (tertiary/aromatic N) is 4. The summed E-state index contributed by atoms with van der Waals surface area (Å²) in [5.41, 5.74) is 1.16. The Labute approximate surface area is 227 Å². The molecule has 4 atom stereocenters. The molecule has 0 unspecified atom stereocenters. The van der Waals surface area contributed by atoms with Crippen LogP contribution in [0.5, 0.6) is 0 Å². The average molecular weight is 543 g/mol. The Bertz CT molecular complexity index is 1800. The zero-order valence-electron chi connectivity index (χ0n) is 20.0. The first-order chi connectivity index (χ1) is 18.4. The number of anilines is 1. The number of carbonyl (C=O) groups excluding carboxylic acids is 2. The predicted molar refractivity (Wildman–Crippen MR) is 144 cm³/mol. The first-order valence-electron chi connectivity index (χ1n) is 12.7. The molecular formula is C29H20Cl2N4O3. The monoisotopic (exact) mass is 542 g/mol. The van der Waals surface area contributed by atoms with E-state index >= 15 is 0 Å². The maximum atomic E-state index is 14.5. The van der Waals surface area contributed by atoms with Crippen molar-refractivity contribution in [2.24, 2.45) is 11.8 Å². The summed E-state index contributed by atoms with van der Waals surface area (Å²) in [4.78, 5) is 51.1. The van der Waals surface area contributed by atoms with E-state index in [1.165, 1.54) is 4.90 Å². The number of hydrogen-bond donors (Lipinski definition) is 0. The third kappa shape index (κ3) is 2.50. The molecule has 3 aromatic carbocycles. The van der Waals surface area contributed by atoms with Gasteiger partial charge in [-0.3, -0.25) is 23.9 Å². The highest BCUT2D eigenvalue weighted by Gasteiger charge is 2.73. The third-order valence-electron chi connectivity index (χ3n) is 8.79. The first-order valence-corrected chi connectivity index (χ1v) is 13.4. The Kier molecular flexibility index (Phi) is 4.45. The van der Waals surface area contributed by atoms with E-state index in [4.69, 9.17) is 28.2 Å². The van der Waals surface area contributed by atoms with Gasteiger partial charge in [0.15, 0.2) is 0 Å². The van der Waals surface area contributed by atoms with E-state index in [0.717, 1.165) is 18.4 Å². The molecule has 188 valence electrons. The SMILES string of the molecule is O=C1[C@@H]2[C@@H]3CCCN3[C@@]3(c4ccccc4-n4c3nc3ccccc3c4=O)[C@H]2C(=O)N1c1cc(Cl)ccc1Cl. The molecule has 1 aromatic heterocycles. The summed E-state index contributed by atoms with van der Waals surface area (Å²) in [6.07, 6.45) is 1.66. The van der Waals surface area contributed by atoms with E-state index in [0.29, 0.717) is 39.7 Å². The van der Waals surface area contributed by atoms with Gasteiger partial charge in [-0.15, -0.1) is 0 Å². The minimum Gasteiger partial charge on any atom is -0.283 e. The Morgan fingerprint density at radius 1 is 0.895 bits per heavy atom. The van der Waals surface area contributed by atoms with Crippen LogP contribution >= 0.6 is 23.2 Å². The van der Waals surface area contributed by atoms with Crippen molar-refractivity contribution in [2.45, 2.75) is 24.4 Å². The number of amides is 2. The maximum Gasteiger partial charge on any atom is 0.266 e. The first kappa shape index (κ1) is 22.5. The number of benzene rings is 3. The second kappa shape index (κ2) is 7.53. The highest BCUT2D eigenvalue weighted by molar-refractivity contribution is 6.38. The standard InChI is InChI=1S/C29H20Cl2N4O3/c30-15-11-12-18(31)22(14-15)34-26(37)23-21-10-5-13-33(21)29(24(23)27(34)38)17-7-2-4-9-20(17)35-25(36)16-6-1-3-8-19(16)32-28(29)35/h1-4,6-9,11-12,14,21,23-24H,5,10,13H2/t21-,23+,24+,29-/m0/s1. The van der Waals surface area contributed by atoms with Crippen LogP contribution < -0.4 is 10.5 Å². The van der Waals surface area contributed by atoms with Gasteiger partial charge in [0, 0.05) is 16.6 Å². The van der Waals surface area contributed by atoms with Crippen LogP contribution in [0.3, 0.4) is 0 Å². The van der Waals surface area contributed by atoms with Gasteiger partial charge in [0.25, 0.3) is 5.56 Å². The second-order valence-corrected chi connectivity index (χ2v) is 11.2. The number of imide groups is 1. The van der Waals surface area contributed by atoms with Crippen molar-refractivity contribution >= 4 is 51.6 Å². The molecule has 0 saturated carbocycles. The molecule has 2 amide bonds. The Balaban J connectivity index is 1.45. The summed E-state index contributed by atoms with van der Waals surface area (Å²) >= 11 is 12.8. The summed E-state index contributed by atoms with van der Waals surface area (Å²) in [5, 5.41) is 1.17. The summed E-state index contributed by atoms with van der Waals surface area (Å²) in [6, 6.07) is 19.6. The molecule has 0 bridgehead atoms. The summed E-state index contributed by atoms with van der Waals surface area (Å²) in [6.45, 7) is 0.702. The number of carbonyl (C=O) groups is 2. The van der Waals surface area contributed by atoms with Crippen LogP contribution in [0.4, 0.5) is 5.69 Å². The van der Waals surface area contributed by atoms with Crippen molar-refractivity contribution in [3.8, 4) is 5.69 Å². The molecular weight excluding hydrogens is 523 g/mol. The van der Waals surface area contributed by atoms with Gasteiger partial charge in [0.2, 0.25) is 11.8 Å². The lowest BCUT2D eigenvalue weighted by molar-refractivity contribution is -0.124. The highest BCUT2D eigenvalue weighted by atomic mass is 35.5. The number of halogens is 2. The summed E-state index contributed by atoms with van der Waals surface area (Å²) < 4.78 is 1.65. The molecule has 0 N–H and O–H groups in total. The van der Waals surface area contributed by atoms with Gasteiger partial charge in [0.1, 0.15) is 11.4 Å². The van der Waals surface area contributed by atoms with Gasteiger partial charge in [-0.1, -0.05) is 53.5 Å². The van der Waals surface area contributed by atoms with Gasteiger partial charge in [-0.25, -0.2) is 9.88 Å². The van der Waals surface area contributed by atoms with Crippen molar-refractivity contribution in [1.82, 2.24) is 14.5 Å². The normalized spacial score (nSPS) is 27.3. The highest BCUT2D eigenvalue weighted by Crippen LogP contribution is 2.62. The lowest BCUT2D eigenvalue weighted by atomic mass is 9.75. The Hall–Kier alpha value is -3.52. The van der Waals surface area contributed by atoms with Gasteiger partial charge >= 0.3 is 0 Å². The van der Waals surface area contributed by atoms with E-state index in [2.05, 4.69) is 4.90 Å². The number of fused-ring (bicyclic) bond motifs is 11. The molecule has 5 heterocycles. The summed E-state index contributed by atoms with van der Waals surface area (Å²) in [7, 11) is 0. The fraction of sp³-hybridized carbons (Fsp3) is 0.241. The molecule has 4 aromatic rings. The zero-order valence-corrected chi connectivity index (χ0v) is 21.5. The van der Waals surface area contributed by atoms with E-state index in [1.54, 1.807) is 28.8 Å². The molecule has 8 rings (SSSR count). The van der Waals surface area contributed by atoms with Gasteiger partial charge in [-0.05, 0) is 55.8 Å². The third-order valence-corrected chi connectivity index (χ3v) is 9.34. The van der Waals surface area contributed by atoms with Crippen LogP contribution in [0.15, 0.2) is 71.5 Å². The van der Waals surface area contributed by atoms with Gasteiger partial charge in [-0.2, -0.15) is 0 Å². The molecule has 0 aliphatic carbocycles. The van der Waals surface area contributed by atoms with Gasteiger partial charge < -0.3 is 0 Å². The van der Waals surface area contributed by atoms with Gasteiger partial charge in [0.05, 0.1) is 39.1 Å². The van der Waals surface area contributed by atoms with Crippen molar-refractivity contribution in [3.05, 3.63) is 98.5 Å². The Morgan fingerprint density at radius 3 is 2.55 bits per heavy atom. The van der Waals surface area contributed by atoms with E-state index in [9.17, 15) is 14.4 Å². The van der Waals surface area contributed by atoms with E-state index in [1.807, 2.05) is 42.5 Å². The lowest BCUT2D eigenvalue weighted by Gasteiger charge is -2.38. The van der Waals surface area contributed by atoms with Crippen LogP contribution in [-0.4, -0.2) is 38.9 Å². The molecule has 3 saturated heterocycles. The zero-order chi connectivity index (χ0) is 25.9. The van der Waals surface area contributed by atoms with Crippen LogP contribution in [0.25, 0.3) is 16.6 Å². The van der Waals surface area contributed by atoms with E-state index < -0.39 is 17.4 Å². The fourth-order valence-corrected chi connectivity index (χ4v) is 7.88. The Morgan fingerprint density at radius 2 is 1.68 bits per heavy atom. The average Bonchev–Trinajstić information content (AvgIpc) is 3.63. The maximum absolute atomic E-state index is 14.5.